The maximum atomic E-state index is 12.8. The summed E-state index contributed by atoms with van der Waals surface area (Å²) in [7, 11) is 3.25. The molecule has 1 saturated heterocycles. The van der Waals surface area contributed by atoms with Gasteiger partial charge < -0.3 is 19.8 Å². The van der Waals surface area contributed by atoms with Crippen LogP contribution in [0.5, 0.6) is 11.5 Å². The summed E-state index contributed by atoms with van der Waals surface area (Å²) in [4.78, 5) is 42.3. The fraction of sp³-hybridized carbons (Fsp3) is 0.375. The van der Waals surface area contributed by atoms with Gasteiger partial charge in [-0.3, -0.25) is 19.1 Å². The quantitative estimate of drug-likeness (QED) is 0.566. The molecule has 2 N–H and O–H groups in total. The molecule has 0 radical (unpaired) electrons. The van der Waals surface area contributed by atoms with Crippen LogP contribution >= 0.6 is 0 Å². The van der Waals surface area contributed by atoms with Crippen molar-refractivity contribution in [2.24, 2.45) is 0 Å². The van der Waals surface area contributed by atoms with E-state index in [9.17, 15) is 14.4 Å². The number of benzene rings is 2. The fourth-order valence-corrected chi connectivity index (χ4v) is 4.26. The molecule has 0 aliphatic carbocycles. The van der Waals surface area contributed by atoms with E-state index in [0.717, 1.165) is 47.7 Å². The first-order valence-electron chi connectivity index (χ1n) is 10.9. The van der Waals surface area contributed by atoms with Gasteiger partial charge in [0, 0.05) is 43.9 Å². The third-order valence-electron chi connectivity index (χ3n) is 5.99. The second kappa shape index (κ2) is 9.50. The molecule has 3 aromatic rings. The molecule has 1 unspecified atom stereocenters. The smallest absolute Gasteiger partial charge is 0.328 e. The minimum Gasteiger partial charge on any atom is -0.497 e. The highest BCUT2D eigenvalue weighted by Gasteiger charge is 2.25. The summed E-state index contributed by atoms with van der Waals surface area (Å²) in [5.74, 6) is 1.26. The number of fused-ring (bicyclic) bond motifs is 1. The van der Waals surface area contributed by atoms with E-state index in [2.05, 4.69) is 15.2 Å². The van der Waals surface area contributed by atoms with Crippen molar-refractivity contribution in [3.8, 4) is 11.5 Å². The number of methoxy groups -OCH3 is 2. The number of likely N-dealkylation sites (tertiary alicyclic amines) is 1. The number of nitrogens with zero attached hydrogens (tertiary/aromatic N) is 2. The van der Waals surface area contributed by atoms with Gasteiger partial charge in [0.2, 0.25) is 0 Å². The van der Waals surface area contributed by atoms with Crippen LogP contribution in [0.1, 0.15) is 29.3 Å². The molecule has 1 aromatic heterocycles. The Hall–Kier alpha value is -3.59. The molecule has 2 heterocycles. The van der Waals surface area contributed by atoms with Crippen molar-refractivity contribution in [1.29, 1.82) is 0 Å². The van der Waals surface area contributed by atoms with Crippen LogP contribution in [0, 0.1) is 0 Å². The minimum atomic E-state index is -0.479. The van der Waals surface area contributed by atoms with Crippen LogP contribution in [0.15, 0.2) is 46.0 Å². The van der Waals surface area contributed by atoms with E-state index in [1.165, 1.54) is 0 Å². The number of amides is 1. The largest absolute Gasteiger partial charge is 0.497 e. The van der Waals surface area contributed by atoms with Crippen molar-refractivity contribution in [3.63, 3.8) is 0 Å². The van der Waals surface area contributed by atoms with Gasteiger partial charge >= 0.3 is 5.69 Å². The van der Waals surface area contributed by atoms with Gasteiger partial charge in [0.15, 0.2) is 0 Å². The average molecular weight is 453 g/mol. The van der Waals surface area contributed by atoms with Crippen molar-refractivity contribution in [2.45, 2.75) is 32.5 Å². The molecule has 1 aliphatic rings. The topological polar surface area (TPSA) is 106 Å². The highest BCUT2D eigenvalue weighted by molar-refractivity contribution is 5.97. The first-order valence-corrected chi connectivity index (χ1v) is 10.9. The number of carbonyl (C=O) groups excluding carboxylic acids is 1. The van der Waals surface area contributed by atoms with Gasteiger partial charge in [0.05, 0.1) is 25.1 Å². The van der Waals surface area contributed by atoms with Crippen LogP contribution in [0.3, 0.4) is 0 Å². The molecule has 9 heteroatoms. The van der Waals surface area contributed by atoms with Crippen LogP contribution in [-0.4, -0.2) is 53.7 Å². The standard InChI is InChI=1S/C24H28N4O5/c1-4-28-23(30)20-6-5-16(11-21(20)26-24(28)31)22(29)25-17-7-8-27(14-17)13-15-9-18(32-2)12-19(10-15)33-3/h5-6,9-12,17H,4,7-8,13-14H2,1-3H3,(H,25,29)(H,26,31). The Balaban J connectivity index is 1.43. The van der Waals surface area contributed by atoms with E-state index in [1.54, 1.807) is 39.3 Å². The highest BCUT2D eigenvalue weighted by atomic mass is 16.5. The van der Waals surface area contributed by atoms with E-state index >= 15 is 0 Å². The monoisotopic (exact) mass is 452 g/mol. The molecule has 0 bridgehead atoms. The van der Waals surface area contributed by atoms with Gasteiger partial charge in [0.1, 0.15) is 11.5 Å². The van der Waals surface area contributed by atoms with E-state index in [0.29, 0.717) is 16.5 Å². The highest BCUT2D eigenvalue weighted by Crippen LogP contribution is 2.24. The van der Waals surface area contributed by atoms with Gasteiger partial charge in [-0.15, -0.1) is 0 Å². The zero-order chi connectivity index (χ0) is 23.5. The molecule has 0 spiro atoms. The summed E-state index contributed by atoms with van der Waals surface area (Å²) >= 11 is 0. The molecule has 1 atom stereocenters. The zero-order valence-electron chi connectivity index (χ0n) is 19.0. The van der Waals surface area contributed by atoms with E-state index in [4.69, 9.17) is 9.47 Å². The number of hydrogen-bond acceptors (Lipinski definition) is 6. The zero-order valence-corrected chi connectivity index (χ0v) is 19.0. The van der Waals surface area contributed by atoms with Crippen molar-refractivity contribution in [1.82, 2.24) is 19.8 Å². The third kappa shape index (κ3) is 4.78. The van der Waals surface area contributed by atoms with Gasteiger partial charge in [0.25, 0.3) is 11.5 Å². The molecule has 1 aliphatic heterocycles. The maximum Gasteiger partial charge on any atom is 0.328 e. The first kappa shape index (κ1) is 22.6. The van der Waals surface area contributed by atoms with Crippen LogP contribution in [0.25, 0.3) is 10.9 Å². The molecule has 1 fully saturated rings. The minimum absolute atomic E-state index is 0.00726. The Kier molecular flexibility index (Phi) is 6.50. The summed E-state index contributed by atoms with van der Waals surface area (Å²) in [5.41, 5.74) is 1.01. The first-order chi connectivity index (χ1) is 15.9. The predicted molar refractivity (Wildman–Crippen MR) is 125 cm³/mol. The lowest BCUT2D eigenvalue weighted by Crippen LogP contribution is -2.37. The molecular weight excluding hydrogens is 424 g/mol. The van der Waals surface area contributed by atoms with Crippen molar-refractivity contribution in [2.75, 3.05) is 27.3 Å². The molecule has 4 rings (SSSR count). The number of hydrogen-bond donors (Lipinski definition) is 2. The molecule has 1 amide bonds. The Morgan fingerprint density at radius 3 is 2.52 bits per heavy atom. The number of H-pyrrole nitrogens is 1. The van der Waals surface area contributed by atoms with E-state index < -0.39 is 5.69 Å². The molecule has 0 saturated carbocycles. The van der Waals surface area contributed by atoms with Gasteiger partial charge in [-0.2, -0.15) is 0 Å². The third-order valence-corrected chi connectivity index (χ3v) is 5.99. The lowest BCUT2D eigenvalue weighted by molar-refractivity contribution is 0.0937. The second-order valence-electron chi connectivity index (χ2n) is 8.16. The summed E-state index contributed by atoms with van der Waals surface area (Å²) in [6.45, 7) is 4.32. The second-order valence-corrected chi connectivity index (χ2v) is 8.16. The van der Waals surface area contributed by atoms with Crippen molar-refractivity contribution < 1.29 is 14.3 Å². The van der Waals surface area contributed by atoms with Crippen LogP contribution < -0.4 is 26.0 Å². The summed E-state index contributed by atoms with van der Waals surface area (Å²) in [6, 6.07) is 10.6. The van der Waals surface area contributed by atoms with E-state index in [-0.39, 0.29) is 24.1 Å². The van der Waals surface area contributed by atoms with Crippen molar-refractivity contribution >= 4 is 16.8 Å². The molecule has 174 valence electrons. The van der Waals surface area contributed by atoms with Gasteiger partial charge in [-0.1, -0.05) is 0 Å². The van der Waals surface area contributed by atoms with Gasteiger partial charge in [-0.05, 0) is 49.2 Å². The number of aromatic amines is 1. The van der Waals surface area contributed by atoms with Crippen LogP contribution in [-0.2, 0) is 13.1 Å². The normalized spacial score (nSPS) is 16.2. The summed E-state index contributed by atoms with van der Waals surface area (Å²) < 4.78 is 11.8. The maximum absolute atomic E-state index is 12.8. The Bertz CT molecular complexity index is 1270. The van der Waals surface area contributed by atoms with Crippen LogP contribution in [0.4, 0.5) is 0 Å². The summed E-state index contributed by atoms with van der Waals surface area (Å²) in [5, 5.41) is 3.45. The lowest BCUT2D eigenvalue weighted by atomic mass is 10.1. The number of ether oxygens (including phenoxy) is 2. The number of carbonyl (C=O) groups is 1. The predicted octanol–water partition coefficient (Wildman–Crippen LogP) is 1.73. The Morgan fingerprint density at radius 2 is 1.85 bits per heavy atom. The van der Waals surface area contributed by atoms with E-state index in [1.807, 2.05) is 18.2 Å². The van der Waals surface area contributed by atoms with Crippen molar-refractivity contribution in [3.05, 3.63) is 68.4 Å². The fourth-order valence-electron chi connectivity index (χ4n) is 4.26. The molecular formula is C24H28N4O5. The molecule has 9 nitrogen and oxygen atoms in total. The molecule has 33 heavy (non-hydrogen) atoms. The number of rotatable bonds is 7. The number of nitrogens with one attached hydrogen (secondary N) is 2. The van der Waals surface area contributed by atoms with Crippen LogP contribution in [0.2, 0.25) is 0 Å². The lowest BCUT2D eigenvalue weighted by Gasteiger charge is -2.18. The summed E-state index contributed by atoms with van der Waals surface area (Å²) in [6.07, 6.45) is 0.832. The molecule has 2 aromatic carbocycles. The Labute approximate surface area is 190 Å². The average Bonchev–Trinajstić information content (AvgIpc) is 3.25. The van der Waals surface area contributed by atoms with Gasteiger partial charge in [-0.25, -0.2) is 4.79 Å². The Morgan fingerprint density at radius 1 is 1.12 bits per heavy atom. The SMILES string of the molecule is CCn1c(=O)[nH]c2cc(C(=O)NC3CCN(Cc4cc(OC)cc(OC)c4)C3)ccc2c1=O. The number of aromatic nitrogens is 2.